The molecule has 108 valence electrons. The monoisotopic (exact) mass is 299 g/mol. The van der Waals surface area contributed by atoms with E-state index in [1.54, 1.807) is 11.3 Å². The highest BCUT2D eigenvalue weighted by Gasteiger charge is 2.22. The van der Waals surface area contributed by atoms with Gasteiger partial charge in [0.25, 0.3) is 0 Å². The summed E-state index contributed by atoms with van der Waals surface area (Å²) >= 11 is 7.94. The third-order valence-corrected chi connectivity index (χ3v) is 5.62. The van der Waals surface area contributed by atoms with Crippen molar-refractivity contribution in [2.24, 2.45) is 5.92 Å². The van der Waals surface area contributed by atoms with Crippen molar-refractivity contribution in [3.8, 4) is 0 Å². The Bertz CT molecular complexity index is 388. The first-order valence-corrected chi connectivity index (χ1v) is 8.95. The normalized spacial score (nSPS) is 20.3. The number of aryl methyl sites for hydroxylation is 1. The van der Waals surface area contributed by atoms with Gasteiger partial charge in [-0.2, -0.15) is 0 Å². The topological polar surface area (TPSA) is 12.0 Å². The van der Waals surface area contributed by atoms with E-state index in [1.165, 1.54) is 55.4 Å². The van der Waals surface area contributed by atoms with Crippen LogP contribution in [0, 0.1) is 5.92 Å². The molecule has 1 aliphatic carbocycles. The van der Waals surface area contributed by atoms with Crippen LogP contribution < -0.4 is 5.32 Å². The molecule has 0 amide bonds. The molecule has 0 saturated heterocycles. The van der Waals surface area contributed by atoms with Crippen molar-refractivity contribution in [3.63, 3.8) is 0 Å². The SMILES string of the molecule is CCCCC(CC)CNC1CCCc2sc(Cl)cc21. The number of hydrogen-bond acceptors (Lipinski definition) is 2. The molecule has 19 heavy (non-hydrogen) atoms. The molecule has 1 heterocycles. The molecule has 0 bridgehead atoms. The molecular weight excluding hydrogens is 274 g/mol. The lowest BCUT2D eigenvalue weighted by atomic mass is 9.92. The Kier molecular flexibility index (Phi) is 6.18. The molecule has 1 aromatic rings. The first-order chi connectivity index (χ1) is 9.24. The lowest BCUT2D eigenvalue weighted by Gasteiger charge is -2.26. The quantitative estimate of drug-likeness (QED) is 0.692. The van der Waals surface area contributed by atoms with E-state index in [4.69, 9.17) is 11.6 Å². The van der Waals surface area contributed by atoms with Gasteiger partial charge in [-0.3, -0.25) is 0 Å². The molecule has 3 heteroatoms. The summed E-state index contributed by atoms with van der Waals surface area (Å²) in [7, 11) is 0. The van der Waals surface area contributed by atoms with Crippen LogP contribution in [0.15, 0.2) is 6.07 Å². The summed E-state index contributed by atoms with van der Waals surface area (Å²) in [6.45, 7) is 5.75. The van der Waals surface area contributed by atoms with Gasteiger partial charge in [0.05, 0.1) is 4.34 Å². The highest BCUT2D eigenvalue weighted by molar-refractivity contribution is 7.16. The highest BCUT2D eigenvalue weighted by atomic mass is 35.5. The van der Waals surface area contributed by atoms with Crippen molar-refractivity contribution in [2.45, 2.75) is 64.8 Å². The van der Waals surface area contributed by atoms with Gasteiger partial charge < -0.3 is 5.32 Å². The van der Waals surface area contributed by atoms with Crippen LogP contribution in [-0.4, -0.2) is 6.54 Å². The summed E-state index contributed by atoms with van der Waals surface area (Å²) in [5, 5.41) is 3.80. The van der Waals surface area contributed by atoms with E-state index < -0.39 is 0 Å². The Morgan fingerprint density at radius 1 is 1.47 bits per heavy atom. The van der Waals surface area contributed by atoms with Crippen LogP contribution >= 0.6 is 22.9 Å². The van der Waals surface area contributed by atoms with Crippen LogP contribution in [0.3, 0.4) is 0 Å². The fourth-order valence-electron chi connectivity index (χ4n) is 2.99. The largest absolute Gasteiger partial charge is 0.310 e. The van der Waals surface area contributed by atoms with E-state index in [0.29, 0.717) is 6.04 Å². The summed E-state index contributed by atoms with van der Waals surface area (Å²) in [4.78, 5) is 1.51. The maximum Gasteiger partial charge on any atom is 0.0934 e. The molecule has 0 aliphatic heterocycles. The Labute approximate surface area is 126 Å². The molecule has 0 radical (unpaired) electrons. The van der Waals surface area contributed by atoms with E-state index in [0.717, 1.165) is 16.8 Å². The predicted molar refractivity (Wildman–Crippen MR) is 86.3 cm³/mol. The second-order valence-corrected chi connectivity index (χ2v) is 7.47. The van der Waals surface area contributed by atoms with Crippen LogP contribution in [0.5, 0.6) is 0 Å². The van der Waals surface area contributed by atoms with Crippen LogP contribution in [0.25, 0.3) is 0 Å². The van der Waals surface area contributed by atoms with Gasteiger partial charge in [0.2, 0.25) is 0 Å². The Morgan fingerprint density at radius 2 is 2.32 bits per heavy atom. The average molecular weight is 300 g/mol. The smallest absolute Gasteiger partial charge is 0.0934 e. The van der Waals surface area contributed by atoms with E-state index in [1.807, 2.05) is 0 Å². The fraction of sp³-hybridized carbons (Fsp3) is 0.750. The number of nitrogens with one attached hydrogen (secondary N) is 1. The molecular formula is C16H26ClNS. The zero-order valence-corrected chi connectivity index (χ0v) is 13.7. The molecule has 1 N–H and O–H groups in total. The lowest BCUT2D eigenvalue weighted by molar-refractivity contribution is 0.372. The standard InChI is InChI=1S/C16H26ClNS/c1-3-5-7-12(4-2)11-18-14-8-6-9-15-13(14)10-16(17)19-15/h10,12,14,18H,3-9,11H2,1-2H3. The molecule has 2 unspecified atom stereocenters. The van der Waals surface area contributed by atoms with Crippen molar-refractivity contribution in [2.75, 3.05) is 6.54 Å². The van der Waals surface area contributed by atoms with Gasteiger partial charge in [-0.15, -0.1) is 11.3 Å². The third-order valence-electron chi connectivity index (χ3n) is 4.28. The van der Waals surface area contributed by atoms with Crippen LogP contribution in [0.1, 0.15) is 68.9 Å². The third kappa shape index (κ3) is 4.21. The minimum Gasteiger partial charge on any atom is -0.310 e. The molecule has 1 nitrogen and oxygen atoms in total. The minimum atomic E-state index is 0.545. The van der Waals surface area contributed by atoms with Crippen LogP contribution in [0.4, 0.5) is 0 Å². The van der Waals surface area contributed by atoms with Gasteiger partial charge in [-0.25, -0.2) is 0 Å². The van der Waals surface area contributed by atoms with E-state index in [9.17, 15) is 0 Å². The molecule has 0 saturated carbocycles. The van der Waals surface area contributed by atoms with Crippen LogP contribution in [-0.2, 0) is 6.42 Å². The molecule has 2 atom stereocenters. The van der Waals surface area contributed by atoms with Crippen molar-refractivity contribution < 1.29 is 0 Å². The maximum absolute atomic E-state index is 6.17. The van der Waals surface area contributed by atoms with Crippen molar-refractivity contribution >= 4 is 22.9 Å². The van der Waals surface area contributed by atoms with Crippen molar-refractivity contribution in [1.29, 1.82) is 0 Å². The highest BCUT2D eigenvalue weighted by Crippen LogP contribution is 2.37. The lowest BCUT2D eigenvalue weighted by Crippen LogP contribution is -2.29. The van der Waals surface area contributed by atoms with Gasteiger partial charge in [-0.1, -0.05) is 44.7 Å². The van der Waals surface area contributed by atoms with Gasteiger partial charge in [0, 0.05) is 10.9 Å². The van der Waals surface area contributed by atoms with E-state index in [-0.39, 0.29) is 0 Å². The van der Waals surface area contributed by atoms with E-state index in [2.05, 4.69) is 25.2 Å². The number of hydrogen-bond donors (Lipinski definition) is 1. The maximum atomic E-state index is 6.17. The number of rotatable bonds is 7. The number of fused-ring (bicyclic) bond motifs is 1. The van der Waals surface area contributed by atoms with Gasteiger partial charge in [0.1, 0.15) is 0 Å². The Hall–Kier alpha value is -0.0500. The summed E-state index contributed by atoms with van der Waals surface area (Å²) in [5.74, 6) is 0.833. The van der Waals surface area contributed by atoms with Gasteiger partial charge in [0.15, 0.2) is 0 Å². The summed E-state index contributed by atoms with van der Waals surface area (Å²) in [6.07, 6.45) is 9.11. The first kappa shape index (κ1) is 15.3. The van der Waals surface area contributed by atoms with Crippen LogP contribution in [0.2, 0.25) is 4.34 Å². The number of halogens is 1. The summed E-state index contributed by atoms with van der Waals surface area (Å²) in [5.41, 5.74) is 1.48. The molecule has 2 rings (SSSR count). The minimum absolute atomic E-state index is 0.545. The zero-order chi connectivity index (χ0) is 13.7. The molecule has 1 aliphatic rings. The van der Waals surface area contributed by atoms with Crippen molar-refractivity contribution in [3.05, 3.63) is 20.8 Å². The first-order valence-electron chi connectivity index (χ1n) is 7.76. The second kappa shape index (κ2) is 7.66. The number of thiophene rings is 1. The molecule has 0 aromatic carbocycles. The Balaban J connectivity index is 1.89. The second-order valence-electron chi connectivity index (χ2n) is 5.70. The van der Waals surface area contributed by atoms with Crippen molar-refractivity contribution in [1.82, 2.24) is 5.32 Å². The summed E-state index contributed by atoms with van der Waals surface area (Å²) < 4.78 is 0.955. The van der Waals surface area contributed by atoms with Gasteiger partial charge in [-0.05, 0) is 49.8 Å². The molecule has 0 spiro atoms. The summed E-state index contributed by atoms with van der Waals surface area (Å²) in [6, 6.07) is 2.73. The molecule has 1 aromatic heterocycles. The molecule has 0 fully saturated rings. The number of unbranched alkanes of at least 4 members (excludes halogenated alkanes) is 1. The average Bonchev–Trinajstić information content (AvgIpc) is 2.80. The van der Waals surface area contributed by atoms with Gasteiger partial charge >= 0.3 is 0 Å². The fourth-order valence-corrected chi connectivity index (χ4v) is 4.37. The predicted octanol–water partition coefficient (Wildman–Crippen LogP) is 5.58. The zero-order valence-electron chi connectivity index (χ0n) is 12.2. The Morgan fingerprint density at radius 3 is 3.05 bits per heavy atom. The van der Waals surface area contributed by atoms with E-state index >= 15 is 0 Å².